The van der Waals surface area contributed by atoms with Crippen LogP contribution in [0.3, 0.4) is 0 Å². The first-order chi connectivity index (χ1) is 8.58. The van der Waals surface area contributed by atoms with Crippen molar-refractivity contribution in [2.45, 2.75) is 0 Å². The summed E-state index contributed by atoms with van der Waals surface area (Å²) in [7, 11) is 7.73. The molecule has 0 saturated heterocycles. The number of aromatic nitrogens is 3. The van der Waals surface area contributed by atoms with Crippen LogP contribution in [0.2, 0.25) is 0 Å². The molecule has 0 spiro atoms. The van der Waals surface area contributed by atoms with Crippen LogP contribution in [0.25, 0.3) is 0 Å². The number of aryl methyl sites for hydroxylation is 2. The standard InChI is InChI=1S/C12H17N6.4ClH.Zn/c1-16(2)11-7-5-10(6-8-11)14-15-12-17(3)9-13-18(12)4;;;;;/h5-9H,1-4H3;4*1H;/q+1;;;;;+2/p-4. The predicted molar refractivity (Wildman–Crippen MR) is 69.3 cm³/mol. The van der Waals surface area contributed by atoms with E-state index in [0.29, 0.717) is 5.95 Å². The van der Waals surface area contributed by atoms with Gasteiger partial charge in [-0.2, -0.15) is 0 Å². The molecule has 0 aliphatic rings. The van der Waals surface area contributed by atoms with Gasteiger partial charge in [0.25, 0.3) is 0 Å². The summed E-state index contributed by atoms with van der Waals surface area (Å²) in [5, 5.41) is 12.5. The summed E-state index contributed by atoms with van der Waals surface area (Å²) in [6, 6.07) is 7.90. The van der Waals surface area contributed by atoms with Crippen molar-refractivity contribution in [3.05, 3.63) is 30.6 Å². The Kier molecular flexibility index (Phi) is 18.4. The number of nitrogens with zero attached hydrogens (tertiary/aromatic N) is 6. The van der Waals surface area contributed by atoms with E-state index in [0.717, 1.165) is 11.4 Å². The quantitative estimate of drug-likeness (QED) is 0.264. The zero-order valence-electron chi connectivity index (χ0n) is 13.3. The number of rotatable bonds is 3. The molecule has 0 N–H and O–H groups in total. The van der Waals surface area contributed by atoms with Crippen LogP contribution in [0.15, 0.2) is 40.8 Å². The third kappa shape index (κ3) is 8.27. The molecule has 2 aromatic rings. The molecule has 0 unspecified atom stereocenters. The maximum absolute atomic E-state index is 4.20. The maximum Gasteiger partial charge on any atom is 2.00 e. The molecule has 1 heterocycles. The fourth-order valence-electron chi connectivity index (χ4n) is 1.54. The number of anilines is 1. The molecule has 6 nitrogen and oxygen atoms in total. The first-order valence-corrected chi connectivity index (χ1v) is 5.64. The van der Waals surface area contributed by atoms with Gasteiger partial charge in [-0.05, 0) is 29.4 Å². The maximum atomic E-state index is 4.20. The Morgan fingerprint density at radius 1 is 1.00 bits per heavy atom. The first-order valence-electron chi connectivity index (χ1n) is 5.64. The molecule has 0 saturated carbocycles. The largest absolute Gasteiger partial charge is 2.00 e. The van der Waals surface area contributed by atoms with Crippen LogP contribution in [-0.2, 0) is 33.6 Å². The van der Waals surface area contributed by atoms with Gasteiger partial charge >= 0.3 is 25.4 Å². The third-order valence-electron chi connectivity index (χ3n) is 2.62. The molecule has 0 amide bonds. The second kappa shape index (κ2) is 13.9. The number of halogens is 4. The minimum Gasteiger partial charge on any atom is -1.00 e. The number of hydrogen-bond acceptors (Lipinski definition) is 4. The molecule has 23 heavy (non-hydrogen) atoms. The van der Waals surface area contributed by atoms with E-state index in [1.807, 2.05) is 61.9 Å². The van der Waals surface area contributed by atoms with E-state index in [9.17, 15) is 0 Å². The van der Waals surface area contributed by atoms with Crippen LogP contribution in [0, 0.1) is 0 Å². The number of hydrogen-bond donors (Lipinski definition) is 0. The minimum absolute atomic E-state index is 0. The third-order valence-corrected chi connectivity index (χ3v) is 2.62. The van der Waals surface area contributed by atoms with E-state index in [2.05, 4.69) is 15.3 Å². The smallest absolute Gasteiger partial charge is 1.00 e. The fraction of sp³-hybridized carbons (Fsp3) is 0.333. The SMILES string of the molecule is CN(C)c1ccc(N=Nc2n(C)nc[n+]2C)cc1.[Cl-].[Cl-].[Cl-].[Cl-].[Zn+2]. The summed E-state index contributed by atoms with van der Waals surface area (Å²) >= 11 is 0. The van der Waals surface area contributed by atoms with Gasteiger partial charge in [0.1, 0.15) is 0 Å². The van der Waals surface area contributed by atoms with Gasteiger partial charge in [-0.25, -0.2) is 4.57 Å². The zero-order chi connectivity index (χ0) is 13.1. The van der Waals surface area contributed by atoms with Crippen molar-refractivity contribution in [3.63, 3.8) is 0 Å². The molecule has 126 valence electrons. The Hall–Kier alpha value is -0.457. The fourth-order valence-corrected chi connectivity index (χ4v) is 1.54. The molecule has 1 aromatic carbocycles. The van der Waals surface area contributed by atoms with Gasteiger partial charge in [0.05, 0.1) is 19.8 Å². The monoisotopic (exact) mass is 449 g/mol. The molecule has 0 aliphatic heterocycles. The van der Waals surface area contributed by atoms with E-state index in [1.54, 1.807) is 11.0 Å². The second-order valence-electron chi connectivity index (χ2n) is 4.28. The topological polar surface area (TPSA) is 49.7 Å². The number of azo groups is 1. The Labute approximate surface area is 174 Å². The van der Waals surface area contributed by atoms with Gasteiger partial charge in [-0.3, -0.25) is 0 Å². The van der Waals surface area contributed by atoms with Gasteiger partial charge in [-0.1, -0.05) is 5.11 Å². The van der Waals surface area contributed by atoms with Crippen molar-refractivity contribution in [2.24, 2.45) is 24.3 Å². The van der Waals surface area contributed by atoms with E-state index < -0.39 is 0 Å². The van der Waals surface area contributed by atoms with Gasteiger partial charge in [-0.15, -0.1) is 4.68 Å². The summed E-state index contributed by atoms with van der Waals surface area (Å²) in [4.78, 5) is 2.04. The average molecular weight is 453 g/mol. The van der Waals surface area contributed by atoms with Crippen LogP contribution in [0.1, 0.15) is 0 Å². The van der Waals surface area contributed by atoms with Gasteiger partial charge in [0.15, 0.2) is 0 Å². The van der Waals surface area contributed by atoms with Crippen molar-refractivity contribution in [1.82, 2.24) is 9.78 Å². The van der Waals surface area contributed by atoms with E-state index in [-0.39, 0.29) is 69.1 Å². The summed E-state index contributed by atoms with van der Waals surface area (Å²) in [6.45, 7) is 0. The molecule has 11 heteroatoms. The van der Waals surface area contributed by atoms with Crippen molar-refractivity contribution in [3.8, 4) is 0 Å². The second-order valence-corrected chi connectivity index (χ2v) is 4.28. The Balaban J connectivity index is -0.000000361. The molecular weight excluding hydrogens is 435 g/mol. The van der Waals surface area contributed by atoms with Crippen LogP contribution in [0.5, 0.6) is 0 Å². The molecule has 2 rings (SSSR count). The summed E-state index contributed by atoms with van der Waals surface area (Å²) in [5.74, 6) is 0.701. The van der Waals surface area contributed by atoms with Crippen LogP contribution >= 0.6 is 0 Å². The average Bonchev–Trinajstić information content (AvgIpc) is 2.67. The molecule has 1 aromatic heterocycles. The van der Waals surface area contributed by atoms with Crippen molar-refractivity contribution >= 4 is 17.3 Å². The summed E-state index contributed by atoms with van der Waals surface area (Å²) in [6.07, 6.45) is 1.70. The van der Waals surface area contributed by atoms with E-state index >= 15 is 0 Å². The molecule has 0 radical (unpaired) electrons. The normalized spacial score (nSPS) is 8.70. The van der Waals surface area contributed by atoms with Crippen molar-refractivity contribution < 1.29 is 73.7 Å². The van der Waals surface area contributed by atoms with Crippen molar-refractivity contribution in [1.29, 1.82) is 0 Å². The molecule has 0 fully saturated rings. The number of benzene rings is 1. The molecule has 0 bridgehead atoms. The Morgan fingerprint density at radius 2 is 1.52 bits per heavy atom. The summed E-state index contributed by atoms with van der Waals surface area (Å²) in [5.41, 5.74) is 1.96. The van der Waals surface area contributed by atoms with Crippen LogP contribution in [0.4, 0.5) is 17.3 Å². The molecule has 0 atom stereocenters. The predicted octanol–water partition coefficient (Wildman–Crippen LogP) is -10.3. The Morgan fingerprint density at radius 3 is 1.91 bits per heavy atom. The van der Waals surface area contributed by atoms with E-state index in [4.69, 9.17) is 0 Å². The van der Waals surface area contributed by atoms with Gasteiger partial charge < -0.3 is 54.5 Å². The minimum atomic E-state index is 0. The summed E-state index contributed by atoms with van der Waals surface area (Å²) < 4.78 is 3.50. The van der Waals surface area contributed by atoms with Gasteiger partial charge in [0, 0.05) is 24.9 Å². The van der Waals surface area contributed by atoms with Crippen LogP contribution in [-0.4, -0.2) is 23.9 Å². The zero-order valence-corrected chi connectivity index (χ0v) is 19.3. The van der Waals surface area contributed by atoms with E-state index in [1.165, 1.54) is 0 Å². The van der Waals surface area contributed by atoms with Crippen LogP contribution < -0.4 is 59.1 Å². The first kappa shape index (κ1) is 30.4. The Bertz CT molecular complexity index is 554. The molecule has 0 aliphatic carbocycles. The van der Waals surface area contributed by atoms with Crippen molar-refractivity contribution in [2.75, 3.05) is 19.0 Å². The molecular formula is C12H17Cl4N6Zn-. The van der Waals surface area contributed by atoms with Gasteiger partial charge in [0.2, 0.25) is 6.33 Å².